The highest BCUT2D eigenvalue weighted by molar-refractivity contribution is 6.30. The van der Waals surface area contributed by atoms with E-state index >= 15 is 0 Å². The highest BCUT2D eigenvalue weighted by Gasteiger charge is 2.12. The van der Waals surface area contributed by atoms with Crippen molar-refractivity contribution in [2.45, 2.75) is 0 Å². The molecule has 7 heteroatoms. The van der Waals surface area contributed by atoms with Crippen LogP contribution in [0.1, 0.15) is 15.9 Å². The Morgan fingerprint density at radius 2 is 1.96 bits per heavy atom. The van der Waals surface area contributed by atoms with Crippen LogP contribution < -0.4 is 14.9 Å². The molecule has 6 nitrogen and oxygen atoms in total. The van der Waals surface area contributed by atoms with Crippen molar-refractivity contribution in [2.24, 2.45) is 5.10 Å². The zero-order valence-electron chi connectivity index (χ0n) is 14.4. The van der Waals surface area contributed by atoms with Gasteiger partial charge in [0.15, 0.2) is 11.5 Å². The Hall–Kier alpha value is -3.38. The number of nitrogens with one attached hydrogen (secondary N) is 1. The van der Waals surface area contributed by atoms with E-state index in [9.17, 15) is 4.79 Å². The number of hydrogen-bond donors (Lipinski definition) is 1. The maximum absolute atomic E-state index is 12.2. The largest absolute Gasteiger partial charge is 0.493 e. The van der Waals surface area contributed by atoms with E-state index in [2.05, 4.69) is 15.5 Å². The van der Waals surface area contributed by atoms with Crippen molar-refractivity contribution in [3.63, 3.8) is 0 Å². The third kappa shape index (κ3) is 5.05. The number of anilines is 1. The summed E-state index contributed by atoms with van der Waals surface area (Å²) in [5.74, 6) is 0.226. The molecule has 0 fully saturated rings. The zero-order chi connectivity index (χ0) is 19.1. The first-order valence-corrected chi connectivity index (χ1v) is 8.38. The van der Waals surface area contributed by atoms with E-state index in [1.165, 1.54) is 13.3 Å². The number of carbonyl (C=O) groups excluding carboxylic acids is 1. The van der Waals surface area contributed by atoms with Gasteiger partial charge in [-0.15, -0.1) is 0 Å². The monoisotopic (exact) mass is 381 g/mol. The molecule has 136 valence electrons. The Labute approximate surface area is 161 Å². The maximum Gasteiger partial charge on any atom is 0.345 e. The Bertz CT molecular complexity index is 944. The minimum atomic E-state index is -0.507. The van der Waals surface area contributed by atoms with Crippen molar-refractivity contribution in [1.82, 2.24) is 4.98 Å². The summed E-state index contributed by atoms with van der Waals surface area (Å²) < 4.78 is 10.7. The summed E-state index contributed by atoms with van der Waals surface area (Å²) in [4.78, 5) is 16.1. The molecule has 0 radical (unpaired) electrons. The normalized spacial score (nSPS) is 10.6. The van der Waals surface area contributed by atoms with E-state index in [1.807, 2.05) is 12.1 Å². The molecule has 0 aliphatic heterocycles. The summed E-state index contributed by atoms with van der Waals surface area (Å²) in [6.45, 7) is 0. The molecule has 1 aromatic heterocycles. The van der Waals surface area contributed by atoms with Crippen LogP contribution in [0, 0.1) is 0 Å². The predicted octanol–water partition coefficient (Wildman–Crippen LogP) is 4.41. The minimum absolute atomic E-state index is 0.314. The Morgan fingerprint density at radius 3 is 2.67 bits per heavy atom. The second-order valence-electron chi connectivity index (χ2n) is 5.42. The van der Waals surface area contributed by atoms with Crippen LogP contribution in [0.15, 0.2) is 72.1 Å². The highest BCUT2D eigenvalue weighted by Crippen LogP contribution is 2.28. The minimum Gasteiger partial charge on any atom is -0.493 e. The number of methoxy groups -OCH3 is 1. The number of nitrogens with zero attached hydrogens (tertiary/aromatic N) is 2. The lowest BCUT2D eigenvalue weighted by atomic mass is 10.2. The quantitative estimate of drug-likeness (QED) is 0.296. The van der Waals surface area contributed by atoms with Crippen LogP contribution >= 0.6 is 11.6 Å². The van der Waals surface area contributed by atoms with Gasteiger partial charge in [-0.05, 0) is 60.2 Å². The smallest absolute Gasteiger partial charge is 0.345 e. The van der Waals surface area contributed by atoms with Gasteiger partial charge in [0, 0.05) is 17.4 Å². The summed E-state index contributed by atoms with van der Waals surface area (Å²) in [7, 11) is 1.50. The number of ether oxygens (including phenoxy) is 2. The Balaban J connectivity index is 1.69. The molecule has 0 unspecified atom stereocenters. The first-order valence-electron chi connectivity index (χ1n) is 8.00. The fraction of sp³-hybridized carbons (Fsp3) is 0.0500. The zero-order valence-corrected chi connectivity index (χ0v) is 15.2. The molecule has 3 rings (SSSR count). The molecule has 0 saturated carbocycles. The van der Waals surface area contributed by atoms with Crippen LogP contribution in [0.4, 0.5) is 5.69 Å². The first kappa shape index (κ1) is 18.4. The number of aromatic nitrogens is 1. The van der Waals surface area contributed by atoms with Crippen molar-refractivity contribution in [2.75, 3.05) is 12.5 Å². The standard InChI is InChI=1S/C20H16ClN3O3/c1-26-19-11-14(12-23-24-17-7-5-16(21)6-8-17)4-9-18(19)27-20(25)15-3-2-10-22-13-15/h2-13,24H,1H3/b23-12-. The van der Waals surface area contributed by atoms with E-state index in [4.69, 9.17) is 21.1 Å². The lowest BCUT2D eigenvalue weighted by Crippen LogP contribution is -2.09. The average molecular weight is 382 g/mol. The number of rotatable bonds is 6. The van der Waals surface area contributed by atoms with Gasteiger partial charge in [0.2, 0.25) is 0 Å². The second-order valence-corrected chi connectivity index (χ2v) is 5.85. The van der Waals surface area contributed by atoms with Gasteiger partial charge in [-0.3, -0.25) is 10.4 Å². The molecule has 0 aliphatic carbocycles. The SMILES string of the molecule is COc1cc(/C=N\Nc2ccc(Cl)cc2)ccc1OC(=O)c1cccnc1. The topological polar surface area (TPSA) is 72.8 Å². The van der Waals surface area contributed by atoms with Gasteiger partial charge >= 0.3 is 5.97 Å². The molecule has 0 aliphatic rings. The van der Waals surface area contributed by atoms with Gasteiger partial charge in [0.25, 0.3) is 0 Å². The number of hydrogen-bond acceptors (Lipinski definition) is 6. The number of pyridine rings is 1. The van der Waals surface area contributed by atoms with Gasteiger partial charge in [0.1, 0.15) is 0 Å². The summed E-state index contributed by atoms with van der Waals surface area (Å²) in [5, 5.41) is 4.82. The van der Waals surface area contributed by atoms with Crippen LogP contribution in [0.5, 0.6) is 11.5 Å². The lowest BCUT2D eigenvalue weighted by Gasteiger charge is -2.09. The highest BCUT2D eigenvalue weighted by atomic mass is 35.5. The Kier molecular flexibility index (Phi) is 6.02. The predicted molar refractivity (Wildman–Crippen MR) is 105 cm³/mol. The Morgan fingerprint density at radius 1 is 1.15 bits per heavy atom. The molecule has 0 saturated heterocycles. The third-order valence-corrected chi connectivity index (χ3v) is 3.79. The van der Waals surface area contributed by atoms with Crippen LogP contribution in [-0.2, 0) is 0 Å². The van der Waals surface area contributed by atoms with E-state index in [0.717, 1.165) is 11.3 Å². The summed E-state index contributed by atoms with van der Waals surface area (Å²) in [5.41, 5.74) is 4.85. The molecule has 0 spiro atoms. The molecule has 0 atom stereocenters. The van der Waals surface area contributed by atoms with Crippen molar-refractivity contribution in [3.05, 3.63) is 83.1 Å². The van der Waals surface area contributed by atoms with E-state index < -0.39 is 5.97 Å². The van der Waals surface area contributed by atoms with Gasteiger partial charge in [-0.2, -0.15) is 5.10 Å². The average Bonchev–Trinajstić information content (AvgIpc) is 2.71. The number of benzene rings is 2. The molecule has 0 bridgehead atoms. The van der Waals surface area contributed by atoms with Crippen molar-refractivity contribution >= 4 is 29.5 Å². The van der Waals surface area contributed by atoms with Gasteiger partial charge < -0.3 is 9.47 Å². The molecular weight excluding hydrogens is 366 g/mol. The van der Waals surface area contributed by atoms with Gasteiger partial charge in [-0.25, -0.2) is 4.79 Å². The van der Waals surface area contributed by atoms with Crippen LogP contribution in [-0.4, -0.2) is 24.3 Å². The van der Waals surface area contributed by atoms with E-state index in [0.29, 0.717) is 22.1 Å². The van der Waals surface area contributed by atoms with Crippen LogP contribution in [0.25, 0.3) is 0 Å². The lowest BCUT2D eigenvalue weighted by molar-refractivity contribution is 0.0729. The number of carbonyl (C=O) groups is 1. The summed E-state index contributed by atoms with van der Waals surface area (Å²) in [6, 6.07) is 15.6. The summed E-state index contributed by atoms with van der Waals surface area (Å²) >= 11 is 5.85. The van der Waals surface area contributed by atoms with E-state index in [1.54, 1.807) is 54.9 Å². The van der Waals surface area contributed by atoms with E-state index in [-0.39, 0.29) is 0 Å². The van der Waals surface area contributed by atoms with Crippen molar-refractivity contribution in [1.29, 1.82) is 0 Å². The molecule has 2 aromatic carbocycles. The fourth-order valence-electron chi connectivity index (χ4n) is 2.20. The molecule has 3 aromatic rings. The maximum atomic E-state index is 12.2. The fourth-order valence-corrected chi connectivity index (χ4v) is 2.32. The van der Waals surface area contributed by atoms with Gasteiger partial charge in [-0.1, -0.05) is 11.6 Å². The molecular formula is C20H16ClN3O3. The van der Waals surface area contributed by atoms with Crippen molar-refractivity contribution in [3.8, 4) is 11.5 Å². The number of hydrazone groups is 1. The molecule has 1 heterocycles. The third-order valence-electron chi connectivity index (χ3n) is 3.54. The summed E-state index contributed by atoms with van der Waals surface area (Å²) in [6.07, 6.45) is 4.66. The van der Waals surface area contributed by atoms with Gasteiger partial charge in [0.05, 0.1) is 24.6 Å². The first-order chi connectivity index (χ1) is 13.2. The second kappa shape index (κ2) is 8.82. The molecule has 0 amide bonds. The molecule has 27 heavy (non-hydrogen) atoms. The van der Waals surface area contributed by atoms with Crippen LogP contribution in [0.3, 0.4) is 0 Å². The number of halogens is 1. The van der Waals surface area contributed by atoms with Crippen LogP contribution in [0.2, 0.25) is 5.02 Å². The molecule has 1 N–H and O–H groups in total. The van der Waals surface area contributed by atoms with Crippen molar-refractivity contribution < 1.29 is 14.3 Å². The number of esters is 1.